The molecule has 2 atom stereocenters. The minimum atomic E-state index is -0.764. The highest BCUT2D eigenvalue weighted by atomic mass is 16.6. The van der Waals surface area contributed by atoms with Crippen LogP contribution in [0.1, 0.15) is 330 Å². The summed E-state index contributed by atoms with van der Waals surface area (Å²) >= 11 is 0. The van der Waals surface area contributed by atoms with Gasteiger partial charge >= 0.3 is 17.9 Å². The number of hydrogen-bond acceptors (Lipinski definition) is 6. The van der Waals surface area contributed by atoms with Crippen molar-refractivity contribution in [2.45, 2.75) is 337 Å². The highest BCUT2D eigenvalue weighted by molar-refractivity contribution is 5.71. The molecular formula is C60H116O6. The molecule has 0 aromatic rings. The molecule has 0 radical (unpaired) electrons. The summed E-state index contributed by atoms with van der Waals surface area (Å²) in [6, 6.07) is 0. The van der Waals surface area contributed by atoms with E-state index in [1.807, 2.05) is 0 Å². The molecule has 1 unspecified atom stereocenters. The summed E-state index contributed by atoms with van der Waals surface area (Å²) in [7, 11) is 0. The van der Waals surface area contributed by atoms with Gasteiger partial charge in [0.1, 0.15) is 13.2 Å². The van der Waals surface area contributed by atoms with E-state index in [1.165, 1.54) is 212 Å². The molecule has 0 heterocycles. The molecule has 0 rings (SSSR count). The highest BCUT2D eigenvalue weighted by Gasteiger charge is 2.19. The van der Waals surface area contributed by atoms with Gasteiger partial charge in [-0.25, -0.2) is 0 Å². The van der Waals surface area contributed by atoms with Gasteiger partial charge in [0.15, 0.2) is 6.10 Å². The van der Waals surface area contributed by atoms with Gasteiger partial charge < -0.3 is 14.2 Å². The van der Waals surface area contributed by atoms with Gasteiger partial charge in [0.25, 0.3) is 0 Å². The van der Waals surface area contributed by atoms with E-state index in [0.717, 1.165) is 75.5 Å². The zero-order valence-electron chi connectivity index (χ0n) is 45.5. The molecule has 0 aliphatic heterocycles. The maximum absolute atomic E-state index is 12.8. The van der Waals surface area contributed by atoms with Crippen molar-refractivity contribution in [3.8, 4) is 0 Å². The SMILES string of the molecule is CCC(C)CCCCCCCCCCCCCCCCCCCCC(=O)OC[C@@H](COC(=O)CCCCCCCCCCCC(C)C)OC(=O)CCCCCCCCCCCCCC(C)C. The third-order valence-corrected chi connectivity index (χ3v) is 14.0. The van der Waals surface area contributed by atoms with E-state index >= 15 is 0 Å². The van der Waals surface area contributed by atoms with Crippen LogP contribution in [0, 0.1) is 17.8 Å². The minimum absolute atomic E-state index is 0.0637. The molecular weight excluding hydrogens is 817 g/mol. The molecule has 0 amide bonds. The third kappa shape index (κ3) is 51.8. The van der Waals surface area contributed by atoms with Crippen molar-refractivity contribution in [3.05, 3.63) is 0 Å². The van der Waals surface area contributed by atoms with E-state index in [1.54, 1.807) is 0 Å². The lowest BCUT2D eigenvalue weighted by Crippen LogP contribution is -2.30. The van der Waals surface area contributed by atoms with Crippen LogP contribution in [-0.2, 0) is 28.6 Å². The molecule has 0 spiro atoms. The first-order chi connectivity index (χ1) is 32.1. The molecule has 0 aromatic carbocycles. The molecule has 0 saturated carbocycles. The largest absolute Gasteiger partial charge is 0.462 e. The van der Waals surface area contributed by atoms with Gasteiger partial charge in [0.05, 0.1) is 0 Å². The maximum Gasteiger partial charge on any atom is 0.306 e. The lowest BCUT2D eigenvalue weighted by Gasteiger charge is -2.18. The van der Waals surface area contributed by atoms with E-state index in [9.17, 15) is 14.4 Å². The molecule has 392 valence electrons. The number of carbonyl (C=O) groups is 3. The summed E-state index contributed by atoms with van der Waals surface area (Å²) < 4.78 is 16.9. The van der Waals surface area contributed by atoms with Crippen LogP contribution in [0.5, 0.6) is 0 Å². The van der Waals surface area contributed by atoms with Crippen LogP contribution in [0.4, 0.5) is 0 Å². The normalized spacial score (nSPS) is 12.5. The second kappa shape index (κ2) is 51.3. The second-order valence-electron chi connectivity index (χ2n) is 21.8. The predicted molar refractivity (Wildman–Crippen MR) is 284 cm³/mol. The van der Waals surface area contributed by atoms with Gasteiger partial charge in [-0.05, 0) is 37.0 Å². The molecule has 6 nitrogen and oxygen atoms in total. The standard InChI is InChI=1S/C60H116O6/c1-7-56(6)48-42-36-30-24-18-14-12-10-8-9-11-13-15-19-25-31-37-43-49-58(61)64-52-57(53-65-59(62)50-44-38-32-27-21-23-29-35-41-47-55(4)5)66-60(63)51-45-39-33-26-20-16-17-22-28-34-40-46-54(2)3/h54-57H,7-53H2,1-6H3/t56?,57-/m0/s1. The van der Waals surface area contributed by atoms with E-state index in [4.69, 9.17) is 14.2 Å². The smallest absolute Gasteiger partial charge is 0.306 e. The van der Waals surface area contributed by atoms with Crippen LogP contribution in [0.2, 0.25) is 0 Å². The van der Waals surface area contributed by atoms with Crippen molar-refractivity contribution in [2.75, 3.05) is 13.2 Å². The number of carbonyl (C=O) groups excluding carboxylic acids is 3. The molecule has 0 aromatic heterocycles. The van der Waals surface area contributed by atoms with Gasteiger partial charge in [-0.15, -0.1) is 0 Å². The van der Waals surface area contributed by atoms with Gasteiger partial charge in [-0.3, -0.25) is 14.4 Å². The van der Waals surface area contributed by atoms with Crippen molar-refractivity contribution in [2.24, 2.45) is 17.8 Å². The molecule has 0 aliphatic carbocycles. The Hall–Kier alpha value is -1.59. The summed E-state index contributed by atoms with van der Waals surface area (Å²) in [4.78, 5) is 38.1. The van der Waals surface area contributed by atoms with E-state index in [2.05, 4.69) is 41.5 Å². The number of rotatable bonds is 53. The fourth-order valence-electron chi connectivity index (χ4n) is 9.14. The molecule has 66 heavy (non-hydrogen) atoms. The van der Waals surface area contributed by atoms with Crippen LogP contribution < -0.4 is 0 Å². The predicted octanol–water partition coefficient (Wildman–Crippen LogP) is 19.5. The first-order valence-corrected chi connectivity index (χ1v) is 29.6. The van der Waals surface area contributed by atoms with Crippen LogP contribution in [-0.4, -0.2) is 37.2 Å². The maximum atomic E-state index is 12.8. The number of esters is 3. The monoisotopic (exact) mass is 933 g/mol. The van der Waals surface area contributed by atoms with E-state index < -0.39 is 6.10 Å². The Morgan fingerprint density at radius 1 is 0.303 bits per heavy atom. The summed E-state index contributed by atoms with van der Waals surface area (Å²) in [5, 5.41) is 0. The fourth-order valence-corrected chi connectivity index (χ4v) is 9.14. The number of hydrogen-bond donors (Lipinski definition) is 0. The van der Waals surface area contributed by atoms with Gasteiger partial charge in [0, 0.05) is 19.3 Å². The Morgan fingerprint density at radius 3 is 0.788 bits per heavy atom. The summed E-state index contributed by atoms with van der Waals surface area (Å²) in [5.74, 6) is 1.70. The summed E-state index contributed by atoms with van der Waals surface area (Å²) in [6.45, 7) is 13.8. The van der Waals surface area contributed by atoms with Crippen LogP contribution >= 0.6 is 0 Å². The molecule has 0 bridgehead atoms. The minimum Gasteiger partial charge on any atom is -0.462 e. The van der Waals surface area contributed by atoms with Gasteiger partial charge in [-0.1, -0.05) is 292 Å². The topological polar surface area (TPSA) is 78.9 Å². The van der Waals surface area contributed by atoms with Crippen molar-refractivity contribution in [1.82, 2.24) is 0 Å². The number of ether oxygens (including phenoxy) is 3. The van der Waals surface area contributed by atoms with Gasteiger partial charge in [0.2, 0.25) is 0 Å². The average Bonchev–Trinajstić information content (AvgIpc) is 3.29. The number of unbranched alkanes of at least 4 members (excludes halogenated alkanes) is 35. The Labute approximate surface area is 412 Å². The zero-order valence-corrected chi connectivity index (χ0v) is 45.5. The molecule has 0 saturated heterocycles. The lowest BCUT2D eigenvalue weighted by atomic mass is 9.99. The molecule has 0 aliphatic rings. The van der Waals surface area contributed by atoms with Gasteiger partial charge in [-0.2, -0.15) is 0 Å². The van der Waals surface area contributed by atoms with Crippen molar-refractivity contribution in [3.63, 3.8) is 0 Å². The molecule has 0 N–H and O–H groups in total. The first kappa shape index (κ1) is 64.4. The Morgan fingerprint density at radius 2 is 0.530 bits per heavy atom. The summed E-state index contributed by atoms with van der Waals surface area (Å²) in [5.41, 5.74) is 0. The summed E-state index contributed by atoms with van der Waals surface area (Å²) in [6.07, 6.45) is 53.8. The molecule has 0 fully saturated rings. The Balaban J connectivity index is 4.22. The van der Waals surface area contributed by atoms with Crippen LogP contribution in [0.15, 0.2) is 0 Å². The van der Waals surface area contributed by atoms with Crippen molar-refractivity contribution >= 4 is 17.9 Å². The second-order valence-corrected chi connectivity index (χ2v) is 21.8. The molecule has 6 heteroatoms. The average molecular weight is 934 g/mol. The van der Waals surface area contributed by atoms with Crippen LogP contribution in [0.3, 0.4) is 0 Å². The fraction of sp³-hybridized carbons (Fsp3) is 0.950. The Kier molecular flexibility index (Phi) is 50.0. The highest BCUT2D eigenvalue weighted by Crippen LogP contribution is 2.19. The zero-order chi connectivity index (χ0) is 48.4. The van der Waals surface area contributed by atoms with Crippen molar-refractivity contribution in [1.29, 1.82) is 0 Å². The third-order valence-electron chi connectivity index (χ3n) is 14.0. The lowest BCUT2D eigenvalue weighted by molar-refractivity contribution is -0.167. The Bertz CT molecular complexity index is 1020. The van der Waals surface area contributed by atoms with Crippen molar-refractivity contribution < 1.29 is 28.6 Å². The van der Waals surface area contributed by atoms with E-state index in [-0.39, 0.29) is 31.1 Å². The van der Waals surface area contributed by atoms with Crippen LogP contribution in [0.25, 0.3) is 0 Å². The quantitative estimate of drug-likeness (QED) is 0.0343. The first-order valence-electron chi connectivity index (χ1n) is 29.6. The van der Waals surface area contributed by atoms with E-state index in [0.29, 0.717) is 19.3 Å².